The number of likely N-dealkylation sites (tertiary alicyclic amines) is 2. The molecule has 5 unspecified atom stereocenters. The minimum absolute atomic E-state index is 0.119. The van der Waals surface area contributed by atoms with E-state index >= 15 is 0 Å². The zero-order chi connectivity index (χ0) is 41.1. The van der Waals surface area contributed by atoms with Crippen LogP contribution in [0.2, 0.25) is 0 Å². The highest BCUT2D eigenvalue weighted by molar-refractivity contribution is 5.88. The van der Waals surface area contributed by atoms with Crippen LogP contribution in [0.5, 0.6) is 0 Å². The van der Waals surface area contributed by atoms with E-state index in [9.17, 15) is 24.3 Å². The Bertz CT molecular complexity index is 2270. The first-order valence-corrected chi connectivity index (χ1v) is 19.4. The average molecular weight is 793 g/mol. The third-order valence-electron chi connectivity index (χ3n) is 10.8. The van der Waals surface area contributed by atoms with Crippen molar-refractivity contribution < 1.29 is 33.8 Å². The SMILES string of the molecule is COC(=O)NC(C(=O)N1CCCC1c1ncc(-c2ccc(-c3cnc(-c4ccc5nc(C6CCCN6C(=O)C(NC(=O)OC)C(C)O)[nH]c5c4)cn3)cc2)[nH]1)C(C)C. The fourth-order valence-electron chi connectivity index (χ4n) is 7.71. The smallest absolute Gasteiger partial charge is 0.407 e. The van der Waals surface area contributed by atoms with Gasteiger partial charge in [0.15, 0.2) is 0 Å². The van der Waals surface area contributed by atoms with Gasteiger partial charge in [-0.15, -0.1) is 0 Å². The molecule has 0 spiro atoms. The van der Waals surface area contributed by atoms with Crippen LogP contribution >= 0.6 is 0 Å². The van der Waals surface area contributed by atoms with Crippen molar-refractivity contribution in [2.75, 3.05) is 27.3 Å². The molecule has 2 aliphatic heterocycles. The van der Waals surface area contributed by atoms with Crippen LogP contribution in [0.15, 0.2) is 61.1 Å². The minimum Gasteiger partial charge on any atom is -0.453 e. The van der Waals surface area contributed by atoms with E-state index in [1.165, 1.54) is 21.1 Å². The molecule has 5 aromatic rings. The van der Waals surface area contributed by atoms with Crippen molar-refractivity contribution in [2.45, 2.75) is 76.7 Å². The van der Waals surface area contributed by atoms with Crippen LogP contribution in [0.4, 0.5) is 9.59 Å². The summed E-state index contributed by atoms with van der Waals surface area (Å²) in [6, 6.07) is 11.3. The Labute approximate surface area is 335 Å². The van der Waals surface area contributed by atoms with Crippen molar-refractivity contribution in [3.63, 3.8) is 0 Å². The highest BCUT2D eigenvalue weighted by atomic mass is 16.5. The van der Waals surface area contributed by atoms with Gasteiger partial charge in [0.05, 0.1) is 79.1 Å². The standard InChI is InChI=1S/C41H48N10O7/c1-22(2)34(48-40(55)57-4)38(53)50-16-6-8-32(50)36-44-21-31(47-36)25-12-10-24(11-13-25)29-19-43-30(20-42-29)26-14-15-27-28(18-26)46-37(45-27)33-9-7-17-51(33)39(54)35(23(3)52)49-41(56)58-5/h10-15,18-23,32-35,52H,6-9,16-17H2,1-5H3,(H,44,47)(H,45,46)(H,48,55)(H,49,56). The summed E-state index contributed by atoms with van der Waals surface area (Å²) in [6.45, 7) is 6.27. The number of carbonyl (C=O) groups is 4. The summed E-state index contributed by atoms with van der Waals surface area (Å²) in [5, 5.41) is 15.4. The van der Waals surface area contributed by atoms with Gasteiger partial charge in [0.2, 0.25) is 11.8 Å². The lowest BCUT2D eigenvalue weighted by molar-refractivity contribution is -0.137. The number of carbonyl (C=O) groups excluding carboxylic acids is 4. The minimum atomic E-state index is -1.15. The van der Waals surface area contributed by atoms with Crippen LogP contribution in [-0.4, -0.2) is 114 Å². The monoisotopic (exact) mass is 792 g/mol. The van der Waals surface area contributed by atoms with E-state index in [-0.39, 0.29) is 23.9 Å². The molecule has 2 aromatic carbocycles. The predicted molar refractivity (Wildman–Crippen MR) is 213 cm³/mol. The van der Waals surface area contributed by atoms with Gasteiger partial charge in [-0.25, -0.2) is 19.6 Å². The molecule has 5 N–H and O–H groups in total. The van der Waals surface area contributed by atoms with Crippen molar-refractivity contribution in [3.05, 3.63) is 72.7 Å². The topological polar surface area (TPSA) is 221 Å². The zero-order valence-corrected chi connectivity index (χ0v) is 33.1. The Morgan fingerprint density at radius 3 is 1.86 bits per heavy atom. The quantitative estimate of drug-likeness (QED) is 0.121. The lowest BCUT2D eigenvalue weighted by Crippen LogP contribution is -2.53. The van der Waals surface area contributed by atoms with Crippen molar-refractivity contribution in [1.29, 1.82) is 0 Å². The molecule has 0 radical (unpaired) electrons. The van der Waals surface area contributed by atoms with Crippen molar-refractivity contribution >= 4 is 35.0 Å². The predicted octanol–water partition coefficient (Wildman–Crippen LogP) is 4.89. The molecule has 7 rings (SSSR count). The zero-order valence-electron chi connectivity index (χ0n) is 33.1. The number of aliphatic hydroxyl groups excluding tert-OH is 1. The number of aliphatic hydroxyl groups is 1. The van der Waals surface area contributed by atoms with E-state index in [1.807, 2.05) is 56.3 Å². The van der Waals surface area contributed by atoms with Gasteiger partial charge in [-0.2, -0.15) is 0 Å². The second kappa shape index (κ2) is 17.0. The number of fused-ring (bicyclic) bond motifs is 1. The molecule has 3 aromatic heterocycles. The summed E-state index contributed by atoms with van der Waals surface area (Å²) in [5.41, 5.74) is 6.35. The molecule has 2 saturated heterocycles. The number of alkyl carbamates (subject to hydrolysis) is 2. The summed E-state index contributed by atoms with van der Waals surface area (Å²) in [5.74, 6) is 0.639. The van der Waals surface area contributed by atoms with Crippen LogP contribution in [0.3, 0.4) is 0 Å². The number of ether oxygens (including phenoxy) is 2. The number of methoxy groups -OCH3 is 2. The summed E-state index contributed by atoms with van der Waals surface area (Å²) in [4.78, 5) is 79.9. The molecule has 17 heteroatoms. The Balaban J connectivity index is 1.02. The van der Waals surface area contributed by atoms with Gasteiger partial charge >= 0.3 is 12.2 Å². The maximum atomic E-state index is 13.5. The lowest BCUT2D eigenvalue weighted by Gasteiger charge is -2.30. The normalized spacial score (nSPS) is 18.3. The molecule has 2 fully saturated rings. The number of aromatic amines is 2. The van der Waals surface area contributed by atoms with Gasteiger partial charge in [0.1, 0.15) is 23.7 Å². The molecule has 0 aliphatic carbocycles. The molecule has 304 valence electrons. The number of benzene rings is 2. The molecule has 17 nitrogen and oxygen atoms in total. The van der Waals surface area contributed by atoms with Crippen LogP contribution in [0.1, 0.15) is 70.2 Å². The van der Waals surface area contributed by atoms with Crippen LogP contribution in [0.25, 0.3) is 44.8 Å². The third kappa shape index (κ3) is 8.20. The second-order valence-electron chi connectivity index (χ2n) is 15.0. The maximum absolute atomic E-state index is 13.5. The first-order valence-electron chi connectivity index (χ1n) is 19.4. The maximum Gasteiger partial charge on any atom is 0.407 e. The highest BCUT2D eigenvalue weighted by Crippen LogP contribution is 2.35. The van der Waals surface area contributed by atoms with E-state index in [2.05, 4.69) is 30.3 Å². The molecule has 5 heterocycles. The van der Waals surface area contributed by atoms with Gasteiger partial charge in [-0.05, 0) is 56.2 Å². The first-order chi connectivity index (χ1) is 27.9. The van der Waals surface area contributed by atoms with Gasteiger partial charge in [-0.1, -0.05) is 44.2 Å². The number of imidazole rings is 2. The van der Waals surface area contributed by atoms with Crippen molar-refractivity contribution in [3.8, 4) is 33.8 Å². The molecular formula is C41H48N10O7. The number of H-pyrrole nitrogens is 2. The van der Waals surface area contributed by atoms with Gasteiger partial charge in [-0.3, -0.25) is 19.6 Å². The fourth-order valence-corrected chi connectivity index (χ4v) is 7.71. The number of nitrogens with zero attached hydrogens (tertiary/aromatic N) is 6. The number of hydrogen-bond donors (Lipinski definition) is 5. The number of rotatable bonds is 11. The molecule has 5 atom stereocenters. The fraction of sp³-hybridized carbons (Fsp3) is 0.415. The largest absolute Gasteiger partial charge is 0.453 e. The number of amides is 4. The van der Waals surface area contributed by atoms with Gasteiger partial charge < -0.3 is 45.0 Å². The van der Waals surface area contributed by atoms with Crippen LogP contribution in [0, 0.1) is 5.92 Å². The van der Waals surface area contributed by atoms with E-state index in [0.29, 0.717) is 42.5 Å². The van der Waals surface area contributed by atoms with E-state index in [1.54, 1.807) is 28.4 Å². The molecule has 0 bridgehead atoms. The number of aromatic nitrogens is 6. The lowest BCUT2D eigenvalue weighted by atomic mass is 10.0. The molecule has 58 heavy (non-hydrogen) atoms. The molecular weight excluding hydrogens is 745 g/mol. The van der Waals surface area contributed by atoms with Gasteiger partial charge in [0, 0.05) is 24.2 Å². The summed E-state index contributed by atoms with van der Waals surface area (Å²) < 4.78 is 9.40. The van der Waals surface area contributed by atoms with Crippen LogP contribution < -0.4 is 10.6 Å². The highest BCUT2D eigenvalue weighted by Gasteiger charge is 2.39. The average Bonchev–Trinajstić information content (AvgIpc) is 4.07. The summed E-state index contributed by atoms with van der Waals surface area (Å²) in [6.07, 6.45) is 5.70. The van der Waals surface area contributed by atoms with Crippen LogP contribution in [-0.2, 0) is 19.1 Å². The van der Waals surface area contributed by atoms with E-state index < -0.39 is 36.3 Å². The van der Waals surface area contributed by atoms with Crippen molar-refractivity contribution in [1.82, 2.24) is 50.3 Å². The second-order valence-corrected chi connectivity index (χ2v) is 15.0. The Hall–Kier alpha value is -6.36. The Morgan fingerprint density at radius 1 is 0.724 bits per heavy atom. The third-order valence-corrected chi connectivity index (χ3v) is 10.8. The van der Waals surface area contributed by atoms with E-state index in [4.69, 9.17) is 19.7 Å². The van der Waals surface area contributed by atoms with Crippen molar-refractivity contribution in [2.24, 2.45) is 5.92 Å². The molecule has 2 aliphatic rings. The number of nitrogens with one attached hydrogen (secondary N) is 4. The van der Waals surface area contributed by atoms with Gasteiger partial charge in [0.25, 0.3) is 0 Å². The number of hydrogen-bond acceptors (Lipinski definition) is 11. The van der Waals surface area contributed by atoms with E-state index in [0.717, 1.165) is 52.7 Å². The first kappa shape index (κ1) is 39.9. The summed E-state index contributed by atoms with van der Waals surface area (Å²) >= 11 is 0. The molecule has 4 amide bonds. The summed E-state index contributed by atoms with van der Waals surface area (Å²) in [7, 11) is 2.48. The Kier molecular flexibility index (Phi) is 11.7. The molecule has 0 saturated carbocycles. The Morgan fingerprint density at radius 2 is 1.28 bits per heavy atom.